The molecule has 25 heavy (non-hydrogen) atoms. The Morgan fingerprint density at radius 1 is 1.20 bits per heavy atom. The molecule has 0 aromatic heterocycles. The van der Waals surface area contributed by atoms with Gasteiger partial charge in [-0.25, -0.2) is 0 Å². The number of carbonyl (C=O) groups excluding carboxylic acids is 1. The zero-order chi connectivity index (χ0) is 17.8. The highest BCUT2D eigenvalue weighted by atomic mass is 79.9. The molecule has 0 radical (unpaired) electrons. The number of phenols is 1. The minimum atomic E-state index is -0.0963. The largest absolute Gasteiger partial charge is 0.508 e. The summed E-state index contributed by atoms with van der Waals surface area (Å²) in [5.74, 6) is 0.331. The quantitative estimate of drug-likeness (QED) is 0.728. The summed E-state index contributed by atoms with van der Waals surface area (Å²) in [5, 5.41) is 12.4. The van der Waals surface area contributed by atoms with Crippen molar-refractivity contribution in [1.29, 1.82) is 0 Å². The van der Waals surface area contributed by atoms with Crippen LogP contribution in [0.25, 0.3) is 0 Å². The van der Waals surface area contributed by atoms with Crippen molar-refractivity contribution in [3.63, 3.8) is 0 Å². The third-order valence-electron chi connectivity index (χ3n) is 4.72. The van der Waals surface area contributed by atoms with Crippen LogP contribution in [0.2, 0.25) is 0 Å². The van der Waals surface area contributed by atoms with Crippen molar-refractivity contribution in [3.8, 4) is 5.75 Å². The molecule has 3 N–H and O–H groups in total. The molecule has 0 spiro atoms. The molecular formula is C19H23BrN3O2+. The summed E-state index contributed by atoms with van der Waals surface area (Å²) in [4.78, 5) is 16.1. The Hall–Kier alpha value is -2.05. The van der Waals surface area contributed by atoms with Crippen molar-refractivity contribution in [1.82, 2.24) is 0 Å². The highest BCUT2D eigenvalue weighted by Crippen LogP contribution is 2.18. The molecule has 132 valence electrons. The second-order valence-corrected chi connectivity index (χ2v) is 7.30. The maximum atomic E-state index is 12.5. The van der Waals surface area contributed by atoms with E-state index >= 15 is 0 Å². The van der Waals surface area contributed by atoms with Crippen LogP contribution in [0.5, 0.6) is 5.75 Å². The number of piperazine rings is 1. The Morgan fingerprint density at radius 3 is 2.52 bits per heavy atom. The number of nitrogens with one attached hydrogen (secondary N) is 2. The van der Waals surface area contributed by atoms with Gasteiger partial charge in [-0.3, -0.25) is 4.79 Å². The topological polar surface area (TPSA) is 57.0 Å². The molecular weight excluding hydrogens is 382 g/mol. The lowest BCUT2D eigenvalue weighted by molar-refractivity contribution is -0.914. The summed E-state index contributed by atoms with van der Waals surface area (Å²) in [6, 6.07) is 14.8. The van der Waals surface area contributed by atoms with E-state index in [0.29, 0.717) is 0 Å². The smallest absolute Gasteiger partial charge is 0.282 e. The van der Waals surface area contributed by atoms with E-state index in [4.69, 9.17) is 0 Å². The van der Waals surface area contributed by atoms with Gasteiger partial charge in [0, 0.05) is 15.8 Å². The van der Waals surface area contributed by atoms with Gasteiger partial charge in [-0.05, 0) is 49.4 Å². The van der Waals surface area contributed by atoms with Crippen LogP contribution in [0, 0.1) is 0 Å². The normalized spacial score (nSPS) is 16.5. The first kappa shape index (κ1) is 17.8. The average molecular weight is 405 g/mol. The van der Waals surface area contributed by atoms with Crippen LogP contribution >= 0.6 is 15.9 Å². The zero-order valence-corrected chi connectivity index (χ0v) is 15.8. The fraction of sp³-hybridized carbons (Fsp3) is 0.316. The van der Waals surface area contributed by atoms with Gasteiger partial charge in [0.25, 0.3) is 5.91 Å². The molecule has 1 saturated heterocycles. The number of halogens is 1. The highest BCUT2D eigenvalue weighted by Gasteiger charge is 2.29. The van der Waals surface area contributed by atoms with E-state index in [-0.39, 0.29) is 17.7 Å². The SMILES string of the molecule is C[C@@H](C(=O)Nc1cccc(Br)c1)[NH+]1CCN(c2ccc(O)cc2)CC1. The van der Waals surface area contributed by atoms with Crippen molar-refractivity contribution < 1.29 is 14.8 Å². The van der Waals surface area contributed by atoms with Crippen LogP contribution < -0.4 is 15.1 Å². The monoisotopic (exact) mass is 404 g/mol. The number of hydrogen-bond donors (Lipinski definition) is 3. The number of amides is 1. The Morgan fingerprint density at radius 2 is 1.88 bits per heavy atom. The maximum absolute atomic E-state index is 12.5. The van der Waals surface area contributed by atoms with Gasteiger partial charge >= 0.3 is 0 Å². The number of benzene rings is 2. The summed E-state index contributed by atoms with van der Waals surface area (Å²) in [6.45, 7) is 5.60. The lowest BCUT2D eigenvalue weighted by atomic mass is 10.2. The predicted molar refractivity (Wildman–Crippen MR) is 103 cm³/mol. The third kappa shape index (κ3) is 4.52. The molecule has 1 fully saturated rings. The Kier molecular flexibility index (Phi) is 5.60. The molecule has 0 bridgehead atoms. The molecule has 0 saturated carbocycles. The molecule has 3 rings (SSSR count). The first-order valence-corrected chi connectivity index (χ1v) is 9.27. The molecule has 0 aliphatic carbocycles. The minimum absolute atomic E-state index is 0.0474. The van der Waals surface area contributed by atoms with Gasteiger partial charge in [-0.2, -0.15) is 0 Å². The lowest BCUT2D eigenvalue weighted by Crippen LogP contribution is -3.19. The van der Waals surface area contributed by atoms with Crippen LogP contribution in [-0.4, -0.2) is 43.2 Å². The van der Waals surface area contributed by atoms with E-state index in [2.05, 4.69) is 26.1 Å². The Bertz CT molecular complexity index is 728. The van der Waals surface area contributed by atoms with E-state index in [1.165, 1.54) is 4.90 Å². The molecule has 1 atom stereocenters. The van der Waals surface area contributed by atoms with Gasteiger partial charge in [-0.15, -0.1) is 0 Å². The zero-order valence-electron chi connectivity index (χ0n) is 14.2. The summed E-state index contributed by atoms with van der Waals surface area (Å²) in [6.07, 6.45) is 0. The molecule has 5 nitrogen and oxygen atoms in total. The van der Waals surface area contributed by atoms with E-state index in [1.807, 2.05) is 43.3 Å². The molecule has 1 aliphatic heterocycles. The molecule has 1 amide bonds. The van der Waals surface area contributed by atoms with Crippen LogP contribution in [0.3, 0.4) is 0 Å². The van der Waals surface area contributed by atoms with Crippen LogP contribution in [0.1, 0.15) is 6.92 Å². The molecule has 2 aromatic carbocycles. The van der Waals surface area contributed by atoms with E-state index in [9.17, 15) is 9.90 Å². The number of rotatable bonds is 4. The minimum Gasteiger partial charge on any atom is -0.508 e. The second kappa shape index (κ2) is 7.89. The van der Waals surface area contributed by atoms with Crippen LogP contribution in [0.15, 0.2) is 53.0 Å². The van der Waals surface area contributed by atoms with Gasteiger partial charge in [0.1, 0.15) is 5.75 Å². The summed E-state index contributed by atoms with van der Waals surface area (Å²) < 4.78 is 0.952. The van der Waals surface area contributed by atoms with E-state index in [0.717, 1.165) is 42.0 Å². The van der Waals surface area contributed by atoms with Crippen molar-refractivity contribution >= 4 is 33.2 Å². The second-order valence-electron chi connectivity index (χ2n) is 6.38. The standard InChI is InChI=1S/C19H22BrN3O2/c1-14(19(25)21-16-4-2-3-15(20)13-16)22-9-11-23(12-10-22)17-5-7-18(24)8-6-17/h2-8,13-14,24H,9-12H2,1H3,(H,21,25)/p+1/t14-/m0/s1. The Labute approximate surface area is 156 Å². The fourth-order valence-corrected chi connectivity index (χ4v) is 3.55. The number of aromatic hydroxyl groups is 1. The third-order valence-corrected chi connectivity index (χ3v) is 5.21. The van der Waals surface area contributed by atoms with Crippen molar-refractivity contribution in [2.24, 2.45) is 0 Å². The predicted octanol–water partition coefficient (Wildman–Crippen LogP) is 1.89. The Balaban J connectivity index is 1.54. The molecule has 0 unspecified atom stereocenters. The average Bonchev–Trinajstić information content (AvgIpc) is 2.62. The van der Waals surface area contributed by atoms with E-state index < -0.39 is 0 Å². The fourth-order valence-electron chi connectivity index (χ4n) is 3.15. The van der Waals surface area contributed by atoms with Crippen molar-refractivity contribution in [3.05, 3.63) is 53.0 Å². The van der Waals surface area contributed by atoms with Crippen molar-refractivity contribution in [2.75, 3.05) is 36.4 Å². The molecule has 1 aliphatic rings. The lowest BCUT2D eigenvalue weighted by Gasteiger charge is -2.36. The number of anilines is 2. The summed E-state index contributed by atoms with van der Waals surface area (Å²) >= 11 is 3.42. The number of quaternary nitrogens is 1. The van der Waals surface area contributed by atoms with Crippen LogP contribution in [0.4, 0.5) is 11.4 Å². The summed E-state index contributed by atoms with van der Waals surface area (Å²) in [7, 11) is 0. The maximum Gasteiger partial charge on any atom is 0.282 e. The van der Waals surface area contributed by atoms with Crippen LogP contribution in [-0.2, 0) is 4.79 Å². The first-order chi connectivity index (χ1) is 12.0. The van der Waals surface area contributed by atoms with E-state index in [1.54, 1.807) is 12.1 Å². The van der Waals surface area contributed by atoms with Crippen molar-refractivity contribution in [2.45, 2.75) is 13.0 Å². The first-order valence-electron chi connectivity index (χ1n) is 8.48. The van der Waals surface area contributed by atoms with Gasteiger partial charge in [0.05, 0.1) is 26.2 Å². The number of hydrogen-bond acceptors (Lipinski definition) is 3. The van der Waals surface area contributed by atoms with Gasteiger partial charge in [-0.1, -0.05) is 22.0 Å². The molecule has 2 aromatic rings. The van der Waals surface area contributed by atoms with Gasteiger partial charge in [0.2, 0.25) is 0 Å². The van der Waals surface area contributed by atoms with Gasteiger partial charge in [0.15, 0.2) is 6.04 Å². The van der Waals surface area contributed by atoms with Gasteiger partial charge < -0.3 is 20.2 Å². The highest BCUT2D eigenvalue weighted by molar-refractivity contribution is 9.10. The number of carbonyl (C=O) groups is 1. The number of nitrogens with zero attached hydrogens (tertiary/aromatic N) is 1. The summed E-state index contributed by atoms with van der Waals surface area (Å²) in [5.41, 5.74) is 1.93. The molecule has 6 heteroatoms. The number of phenolic OH excluding ortho intramolecular Hbond substituents is 1. The molecule has 1 heterocycles.